The van der Waals surface area contributed by atoms with E-state index in [4.69, 9.17) is 9.94 Å². The van der Waals surface area contributed by atoms with Crippen LogP contribution in [0.1, 0.15) is 27.0 Å². The number of benzene rings is 2. The fourth-order valence-electron chi connectivity index (χ4n) is 3.04. The number of nitrogens with zero attached hydrogens (tertiary/aromatic N) is 3. The van der Waals surface area contributed by atoms with Crippen molar-refractivity contribution >= 4 is 34.8 Å². The molecule has 0 spiro atoms. The molecular weight excluding hydrogens is 448 g/mol. The SMILES string of the molecule is C=CC(=O)Cc1ccccc1Nc1nc(Nc2cc(C(=O)NOCCO)ccc2C#N)ncc1C. The largest absolute Gasteiger partial charge is 0.394 e. The van der Waals surface area contributed by atoms with Gasteiger partial charge < -0.3 is 15.7 Å². The molecule has 3 rings (SSSR count). The molecule has 0 unspecified atom stereocenters. The van der Waals surface area contributed by atoms with Crippen molar-refractivity contribution in [3.05, 3.63) is 83.6 Å². The summed E-state index contributed by atoms with van der Waals surface area (Å²) in [5.41, 5.74) is 5.32. The van der Waals surface area contributed by atoms with Crippen molar-refractivity contribution in [3.8, 4) is 6.07 Å². The van der Waals surface area contributed by atoms with Gasteiger partial charge in [-0.15, -0.1) is 0 Å². The van der Waals surface area contributed by atoms with Gasteiger partial charge in [0.2, 0.25) is 5.95 Å². The average Bonchev–Trinajstić information content (AvgIpc) is 2.87. The molecular formula is C25H24N6O4. The molecule has 10 nitrogen and oxygen atoms in total. The second kappa shape index (κ2) is 12.0. The first-order valence-electron chi connectivity index (χ1n) is 10.6. The van der Waals surface area contributed by atoms with E-state index in [9.17, 15) is 14.9 Å². The number of aromatic nitrogens is 2. The Hall–Kier alpha value is -4.59. The van der Waals surface area contributed by atoms with Crippen molar-refractivity contribution in [2.75, 3.05) is 23.8 Å². The molecule has 10 heteroatoms. The highest BCUT2D eigenvalue weighted by Crippen LogP contribution is 2.25. The Balaban J connectivity index is 1.85. The summed E-state index contributed by atoms with van der Waals surface area (Å²) in [6, 6.07) is 13.9. The predicted octanol–water partition coefficient (Wildman–Crippen LogP) is 3.10. The summed E-state index contributed by atoms with van der Waals surface area (Å²) in [7, 11) is 0. The zero-order chi connectivity index (χ0) is 25.2. The molecule has 2 aromatic carbocycles. The zero-order valence-corrected chi connectivity index (χ0v) is 19.0. The number of allylic oxidation sites excluding steroid dienone is 1. The van der Waals surface area contributed by atoms with Gasteiger partial charge in [0.25, 0.3) is 5.91 Å². The Bertz CT molecular complexity index is 1290. The Morgan fingerprint density at radius 3 is 2.74 bits per heavy atom. The molecule has 4 N–H and O–H groups in total. The number of hydrogen-bond acceptors (Lipinski definition) is 9. The van der Waals surface area contributed by atoms with Crippen molar-refractivity contribution in [1.29, 1.82) is 5.26 Å². The molecule has 0 saturated carbocycles. The number of hydrogen-bond donors (Lipinski definition) is 4. The van der Waals surface area contributed by atoms with Crippen molar-refractivity contribution in [2.45, 2.75) is 13.3 Å². The van der Waals surface area contributed by atoms with E-state index in [0.29, 0.717) is 11.5 Å². The standard InChI is InChI=1S/C25H24N6O4/c1-3-20(33)12-17-6-4-5-7-21(17)28-23-16(2)15-27-25(30-23)29-22-13-18(8-9-19(22)14-26)24(34)31-35-11-10-32/h3-9,13,15,32H,1,10-12H2,2H3,(H,31,34)(H2,27,28,29,30). The molecule has 0 saturated heterocycles. The molecule has 178 valence electrons. The van der Waals surface area contributed by atoms with E-state index in [0.717, 1.165) is 16.8 Å². The number of carbonyl (C=O) groups excluding carboxylic acids is 2. The maximum Gasteiger partial charge on any atom is 0.274 e. The van der Waals surface area contributed by atoms with E-state index in [-0.39, 0.29) is 42.5 Å². The van der Waals surface area contributed by atoms with Gasteiger partial charge in [0.05, 0.1) is 24.5 Å². The van der Waals surface area contributed by atoms with Crippen LogP contribution in [-0.4, -0.2) is 40.0 Å². The van der Waals surface area contributed by atoms with Gasteiger partial charge in [-0.05, 0) is 42.8 Å². The van der Waals surface area contributed by atoms with Gasteiger partial charge in [-0.3, -0.25) is 14.4 Å². The highest BCUT2D eigenvalue weighted by Gasteiger charge is 2.13. The normalized spacial score (nSPS) is 10.2. The molecule has 0 fully saturated rings. The van der Waals surface area contributed by atoms with Crippen LogP contribution in [0.2, 0.25) is 0 Å². The van der Waals surface area contributed by atoms with Crippen LogP contribution in [0.25, 0.3) is 0 Å². The first-order valence-corrected chi connectivity index (χ1v) is 10.6. The lowest BCUT2D eigenvalue weighted by molar-refractivity contribution is -0.114. The third kappa shape index (κ3) is 6.70. The predicted molar refractivity (Wildman–Crippen MR) is 130 cm³/mol. The van der Waals surface area contributed by atoms with Crippen LogP contribution in [0.4, 0.5) is 23.1 Å². The van der Waals surface area contributed by atoms with Crippen LogP contribution in [0.15, 0.2) is 61.3 Å². The molecule has 0 aliphatic rings. The van der Waals surface area contributed by atoms with Crippen LogP contribution in [0, 0.1) is 18.3 Å². The van der Waals surface area contributed by atoms with Gasteiger partial charge in [0.15, 0.2) is 5.78 Å². The zero-order valence-electron chi connectivity index (χ0n) is 19.0. The van der Waals surface area contributed by atoms with E-state index in [1.54, 1.807) is 6.20 Å². The maximum atomic E-state index is 12.3. The van der Waals surface area contributed by atoms with Gasteiger partial charge >= 0.3 is 0 Å². The van der Waals surface area contributed by atoms with Crippen LogP contribution < -0.4 is 16.1 Å². The lowest BCUT2D eigenvalue weighted by atomic mass is 10.1. The maximum absolute atomic E-state index is 12.3. The van der Waals surface area contributed by atoms with Gasteiger partial charge in [-0.25, -0.2) is 10.5 Å². The quantitative estimate of drug-likeness (QED) is 0.188. The van der Waals surface area contributed by atoms with E-state index in [1.165, 1.54) is 24.3 Å². The number of amides is 1. The Labute approximate surface area is 202 Å². The highest BCUT2D eigenvalue weighted by atomic mass is 16.7. The minimum Gasteiger partial charge on any atom is -0.394 e. The number of aliphatic hydroxyl groups is 1. The van der Waals surface area contributed by atoms with E-state index < -0.39 is 5.91 Å². The first kappa shape index (κ1) is 25.0. The van der Waals surface area contributed by atoms with Crippen molar-refractivity contribution in [3.63, 3.8) is 0 Å². The van der Waals surface area contributed by atoms with E-state index in [1.807, 2.05) is 31.2 Å². The Morgan fingerprint density at radius 2 is 2.00 bits per heavy atom. The number of anilines is 4. The Kier molecular flexibility index (Phi) is 8.61. The van der Waals surface area contributed by atoms with Gasteiger partial charge in [-0.1, -0.05) is 24.8 Å². The van der Waals surface area contributed by atoms with E-state index >= 15 is 0 Å². The summed E-state index contributed by atoms with van der Waals surface area (Å²) < 4.78 is 0. The van der Waals surface area contributed by atoms with Gasteiger partial charge in [-0.2, -0.15) is 10.2 Å². The topological polar surface area (TPSA) is 149 Å². The molecule has 3 aromatic rings. The van der Waals surface area contributed by atoms with E-state index in [2.05, 4.69) is 38.7 Å². The molecule has 1 aromatic heterocycles. The second-order valence-corrected chi connectivity index (χ2v) is 7.36. The molecule has 0 aliphatic carbocycles. The monoisotopic (exact) mass is 472 g/mol. The number of hydroxylamine groups is 1. The van der Waals surface area contributed by atoms with Gasteiger partial charge in [0, 0.05) is 29.4 Å². The van der Waals surface area contributed by atoms with Crippen LogP contribution >= 0.6 is 0 Å². The third-order valence-electron chi connectivity index (χ3n) is 4.84. The van der Waals surface area contributed by atoms with Crippen LogP contribution in [0.5, 0.6) is 0 Å². The number of aryl methyl sites for hydroxylation is 1. The highest BCUT2D eigenvalue weighted by molar-refractivity contribution is 5.95. The molecule has 1 heterocycles. The van der Waals surface area contributed by atoms with Crippen molar-refractivity contribution in [1.82, 2.24) is 15.4 Å². The van der Waals surface area contributed by atoms with Crippen LogP contribution in [0.3, 0.4) is 0 Å². The summed E-state index contributed by atoms with van der Waals surface area (Å²) >= 11 is 0. The molecule has 0 radical (unpaired) electrons. The summed E-state index contributed by atoms with van der Waals surface area (Å²) in [5, 5.41) is 24.5. The number of nitrogens with one attached hydrogen (secondary N) is 3. The summed E-state index contributed by atoms with van der Waals surface area (Å²) in [5.74, 6) is 0.0636. The number of nitriles is 1. The molecule has 0 atom stereocenters. The summed E-state index contributed by atoms with van der Waals surface area (Å²) in [6.45, 7) is 5.07. The second-order valence-electron chi connectivity index (χ2n) is 7.36. The lowest BCUT2D eigenvalue weighted by Crippen LogP contribution is -2.25. The van der Waals surface area contributed by atoms with Crippen LogP contribution in [-0.2, 0) is 16.1 Å². The minimum absolute atomic E-state index is 0.0506. The number of carbonyl (C=O) groups is 2. The van der Waals surface area contributed by atoms with Crippen molar-refractivity contribution in [2.24, 2.45) is 0 Å². The lowest BCUT2D eigenvalue weighted by Gasteiger charge is -2.14. The Morgan fingerprint density at radius 1 is 1.20 bits per heavy atom. The molecule has 0 bridgehead atoms. The smallest absolute Gasteiger partial charge is 0.274 e. The fourth-order valence-corrected chi connectivity index (χ4v) is 3.04. The summed E-state index contributed by atoms with van der Waals surface area (Å²) in [4.78, 5) is 37.8. The number of rotatable bonds is 11. The number of aliphatic hydroxyl groups excluding tert-OH is 1. The third-order valence-corrected chi connectivity index (χ3v) is 4.84. The van der Waals surface area contributed by atoms with Gasteiger partial charge in [0.1, 0.15) is 11.9 Å². The minimum atomic E-state index is -0.538. The number of ketones is 1. The first-order chi connectivity index (χ1) is 16.9. The summed E-state index contributed by atoms with van der Waals surface area (Å²) in [6.07, 6.45) is 3.10. The molecule has 0 aliphatic heterocycles. The van der Waals surface area contributed by atoms with Crippen molar-refractivity contribution < 1.29 is 19.5 Å². The molecule has 1 amide bonds. The number of para-hydroxylation sites is 1. The fraction of sp³-hybridized carbons (Fsp3) is 0.160. The average molecular weight is 473 g/mol. The molecule has 35 heavy (non-hydrogen) atoms.